The number of benzene rings is 1. The molecule has 0 radical (unpaired) electrons. The van der Waals surface area contributed by atoms with Crippen molar-refractivity contribution in [1.29, 1.82) is 0 Å². The van der Waals surface area contributed by atoms with Gasteiger partial charge in [0.05, 0.1) is 18.6 Å². The Hall–Kier alpha value is -1.65. The topological polar surface area (TPSA) is 40.5 Å². The van der Waals surface area contributed by atoms with E-state index in [2.05, 4.69) is 18.4 Å². The molecule has 1 aromatic carbocycles. The molecule has 116 valence electrons. The van der Waals surface area contributed by atoms with Crippen molar-refractivity contribution in [2.75, 3.05) is 6.54 Å². The Morgan fingerprint density at radius 3 is 2.86 bits per heavy atom. The first kappa shape index (κ1) is 15.3. The van der Waals surface area contributed by atoms with Crippen LogP contribution in [0.25, 0.3) is 0 Å². The maximum absolute atomic E-state index is 12.7. The van der Waals surface area contributed by atoms with Gasteiger partial charge < -0.3 is 10.0 Å². The summed E-state index contributed by atoms with van der Waals surface area (Å²) >= 11 is 1.78. The van der Waals surface area contributed by atoms with E-state index in [9.17, 15) is 9.90 Å². The molecule has 0 fully saturated rings. The fraction of sp³-hybridized carbons (Fsp3) is 0.389. The van der Waals surface area contributed by atoms with E-state index < -0.39 is 6.10 Å². The quantitative estimate of drug-likeness (QED) is 0.934. The molecular formula is C18H21NO2S. The van der Waals surface area contributed by atoms with Gasteiger partial charge in [-0.15, -0.1) is 11.3 Å². The molecule has 2 atom stereocenters. The minimum Gasteiger partial charge on any atom is -0.388 e. The van der Waals surface area contributed by atoms with Crippen molar-refractivity contribution in [2.45, 2.75) is 38.3 Å². The Morgan fingerprint density at radius 2 is 2.14 bits per heavy atom. The van der Waals surface area contributed by atoms with Crippen molar-refractivity contribution in [3.63, 3.8) is 0 Å². The highest BCUT2D eigenvalue weighted by Gasteiger charge is 2.31. The molecule has 0 aliphatic carbocycles. The first-order valence-electron chi connectivity index (χ1n) is 7.79. The third-order valence-corrected chi connectivity index (χ3v) is 5.35. The van der Waals surface area contributed by atoms with E-state index in [4.69, 9.17) is 0 Å². The number of thiophene rings is 1. The third-order valence-electron chi connectivity index (χ3n) is 4.35. The number of hydrogen-bond donors (Lipinski definition) is 1. The summed E-state index contributed by atoms with van der Waals surface area (Å²) in [7, 11) is 0. The second-order valence-electron chi connectivity index (χ2n) is 5.69. The molecule has 1 amide bonds. The monoisotopic (exact) mass is 315 g/mol. The highest BCUT2D eigenvalue weighted by Crippen LogP contribution is 2.36. The number of carbonyl (C=O) groups is 1. The molecule has 22 heavy (non-hydrogen) atoms. The number of amides is 1. The van der Waals surface area contributed by atoms with Crippen molar-refractivity contribution >= 4 is 17.2 Å². The van der Waals surface area contributed by atoms with Gasteiger partial charge in [0.1, 0.15) is 0 Å². The first-order valence-corrected chi connectivity index (χ1v) is 8.67. The van der Waals surface area contributed by atoms with Gasteiger partial charge in [-0.1, -0.05) is 37.3 Å². The van der Waals surface area contributed by atoms with E-state index in [0.29, 0.717) is 0 Å². The summed E-state index contributed by atoms with van der Waals surface area (Å²) < 4.78 is 0. The molecule has 0 bridgehead atoms. The van der Waals surface area contributed by atoms with E-state index >= 15 is 0 Å². The highest BCUT2D eigenvalue weighted by atomic mass is 32.1. The average molecular weight is 315 g/mol. The normalized spacial score (nSPS) is 18.8. The summed E-state index contributed by atoms with van der Waals surface area (Å²) in [4.78, 5) is 16.0. The second-order valence-corrected chi connectivity index (χ2v) is 6.69. The van der Waals surface area contributed by atoms with Crippen molar-refractivity contribution in [3.8, 4) is 0 Å². The van der Waals surface area contributed by atoms with Gasteiger partial charge in [-0.25, -0.2) is 0 Å². The summed E-state index contributed by atoms with van der Waals surface area (Å²) in [5.41, 5.74) is 2.10. The third kappa shape index (κ3) is 2.94. The number of hydrogen-bond acceptors (Lipinski definition) is 3. The minimum atomic E-state index is -0.727. The van der Waals surface area contributed by atoms with Crippen molar-refractivity contribution in [2.24, 2.45) is 0 Å². The largest absolute Gasteiger partial charge is 0.388 e. The number of nitrogens with zero attached hydrogens (tertiary/aromatic N) is 1. The summed E-state index contributed by atoms with van der Waals surface area (Å²) in [6.07, 6.45) is 1.27. The van der Waals surface area contributed by atoms with E-state index in [1.54, 1.807) is 11.3 Å². The predicted molar refractivity (Wildman–Crippen MR) is 88.8 cm³/mol. The van der Waals surface area contributed by atoms with Crippen LogP contribution in [0.4, 0.5) is 0 Å². The predicted octanol–water partition coefficient (Wildman–Crippen LogP) is 3.71. The standard InChI is InChI=1S/C18H21NO2S/c1-2-15-14-9-11-22-17(14)8-10-19(15)18(21)12-16(20)13-6-4-3-5-7-13/h3-7,9,11,15-16,20H,2,8,10,12H2,1H3. The van der Waals surface area contributed by atoms with E-state index in [0.717, 1.165) is 24.9 Å². The van der Waals surface area contributed by atoms with Gasteiger partial charge in [0, 0.05) is 11.4 Å². The molecule has 2 heterocycles. The lowest BCUT2D eigenvalue weighted by Gasteiger charge is -2.36. The molecule has 2 unspecified atom stereocenters. The van der Waals surface area contributed by atoms with Gasteiger partial charge in [-0.3, -0.25) is 4.79 Å². The zero-order valence-corrected chi connectivity index (χ0v) is 13.6. The molecule has 3 nitrogen and oxygen atoms in total. The molecule has 0 saturated carbocycles. The van der Waals surface area contributed by atoms with Crippen molar-refractivity contribution in [3.05, 3.63) is 57.8 Å². The molecule has 0 spiro atoms. The summed E-state index contributed by atoms with van der Waals surface area (Å²) in [6, 6.07) is 11.7. The van der Waals surface area contributed by atoms with Gasteiger partial charge in [-0.05, 0) is 35.4 Å². The van der Waals surface area contributed by atoms with Gasteiger partial charge in [0.25, 0.3) is 0 Å². The van der Waals surface area contributed by atoms with Crippen LogP contribution < -0.4 is 0 Å². The molecule has 1 aromatic heterocycles. The van der Waals surface area contributed by atoms with Crippen LogP contribution in [-0.2, 0) is 11.2 Å². The number of fused-ring (bicyclic) bond motifs is 1. The van der Waals surface area contributed by atoms with Crippen LogP contribution in [-0.4, -0.2) is 22.5 Å². The summed E-state index contributed by atoms with van der Waals surface area (Å²) in [6.45, 7) is 2.87. The van der Waals surface area contributed by atoms with E-state index in [-0.39, 0.29) is 18.4 Å². The average Bonchev–Trinajstić information content (AvgIpc) is 3.03. The maximum Gasteiger partial charge on any atom is 0.226 e. The summed E-state index contributed by atoms with van der Waals surface area (Å²) in [5.74, 6) is 0.0417. The summed E-state index contributed by atoms with van der Waals surface area (Å²) in [5, 5.41) is 12.4. The zero-order chi connectivity index (χ0) is 15.5. The molecule has 1 N–H and O–H groups in total. The lowest BCUT2D eigenvalue weighted by Crippen LogP contribution is -2.39. The number of rotatable bonds is 4. The Morgan fingerprint density at radius 1 is 1.36 bits per heavy atom. The molecule has 0 saturated heterocycles. The van der Waals surface area contributed by atoms with Crippen molar-refractivity contribution < 1.29 is 9.90 Å². The number of aliphatic hydroxyl groups is 1. The molecule has 3 rings (SSSR count). The Balaban J connectivity index is 1.72. The Labute approximate surface area is 135 Å². The molecule has 4 heteroatoms. The van der Waals surface area contributed by atoms with Crippen LogP contribution >= 0.6 is 11.3 Å². The van der Waals surface area contributed by atoms with Crippen LogP contribution in [0.1, 0.15) is 47.9 Å². The Bertz CT molecular complexity index is 638. The fourth-order valence-corrected chi connectivity index (χ4v) is 4.14. The Kier molecular flexibility index (Phi) is 4.60. The molecule has 1 aliphatic rings. The van der Waals surface area contributed by atoms with Crippen LogP contribution in [0.2, 0.25) is 0 Å². The number of aliphatic hydroxyl groups excluding tert-OH is 1. The molecular weight excluding hydrogens is 294 g/mol. The second kappa shape index (κ2) is 6.63. The number of carbonyl (C=O) groups excluding carboxylic acids is 1. The smallest absolute Gasteiger partial charge is 0.226 e. The fourth-order valence-electron chi connectivity index (χ4n) is 3.21. The van der Waals surface area contributed by atoms with Gasteiger partial charge in [0.2, 0.25) is 5.91 Å². The zero-order valence-electron chi connectivity index (χ0n) is 12.7. The van der Waals surface area contributed by atoms with Crippen LogP contribution in [0.5, 0.6) is 0 Å². The first-order chi connectivity index (χ1) is 10.7. The minimum absolute atomic E-state index is 0.0417. The van der Waals surface area contributed by atoms with E-state index in [1.165, 1.54) is 10.4 Å². The van der Waals surface area contributed by atoms with E-state index in [1.807, 2.05) is 35.2 Å². The van der Waals surface area contributed by atoms with Crippen LogP contribution in [0.3, 0.4) is 0 Å². The van der Waals surface area contributed by atoms with Crippen LogP contribution in [0.15, 0.2) is 41.8 Å². The van der Waals surface area contributed by atoms with Crippen molar-refractivity contribution in [1.82, 2.24) is 4.90 Å². The van der Waals surface area contributed by atoms with Gasteiger partial charge >= 0.3 is 0 Å². The van der Waals surface area contributed by atoms with Gasteiger partial charge in [-0.2, -0.15) is 0 Å². The highest BCUT2D eigenvalue weighted by molar-refractivity contribution is 7.10. The molecule has 2 aromatic rings. The van der Waals surface area contributed by atoms with Crippen LogP contribution in [0, 0.1) is 0 Å². The lowest BCUT2D eigenvalue weighted by atomic mass is 9.96. The van der Waals surface area contributed by atoms with Gasteiger partial charge in [0.15, 0.2) is 0 Å². The molecule has 1 aliphatic heterocycles. The maximum atomic E-state index is 12.7. The SMILES string of the molecule is CCC1c2ccsc2CCN1C(=O)CC(O)c1ccccc1. The lowest BCUT2D eigenvalue weighted by molar-refractivity contribution is -0.136.